The molecular formula is C27H24O2. The van der Waals surface area contributed by atoms with Crippen molar-refractivity contribution in [3.8, 4) is 28.4 Å². The monoisotopic (exact) mass is 380 g/mol. The standard InChI is InChI=1S/C27H24O2/c1-27(2,22-15-7-9-17-24(22)28)23-16-8-11-19-26(23)29-25-18-10-6-14-21(25)20-12-4-3-5-13-20/h3-19,28H,1-2H3. The number of benzene rings is 4. The third kappa shape index (κ3) is 3.74. The number of hydrogen-bond donors (Lipinski definition) is 1. The molecule has 0 unspecified atom stereocenters. The fraction of sp³-hybridized carbons (Fsp3) is 0.111. The fourth-order valence-corrected chi connectivity index (χ4v) is 3.75. The van der Waals surface area contributed by atoms with Crippen LogP contribution < -0.4 is 4.74 Å². The van der Waals surface area contributed by atoms with Crippen LogP contribution in [0, 0.1) is 0 Å². The van der Waals surface area contributed by atoms with Gasteiger partial charge < -0.3 is 9.84 Å². The second-order valence-corrected chi connectivity index (χ2v) is 7.60. The maximum atomic E-state index is 10.4. The first kappa shape index (κ1) is 18.8. The quantitative estimate of drug-likeness (QED) is 0.397. The highest BCUT2D eigenvalue weighted by atomic mass is 16.5. The first-order chi connectivity index (χ1) is 14.1. The number of aromatic hydroxyl groups is 1. The van der Waals surface area contributed by atoms with E-state index in [2.05, 4.69) is 38.1 Å². The lowest BCUT2D eigenvalue weighted by Gasteiger charge is -2.29. The number of rotatable bonds is 5. The molecule has 0 atom stereocenters. The van der Waals surface area contributed by atoms with E-state index in [0.29, 0.717) is 0 Å². The number of phenols is 1. The summed E-state index contributed by atoms with van der Waals surface area (Å²) in [6.07, 6.45) is 0. The Bertz CT molecular complexity index is 1110. The van der Waals surface area contributed by atoms with Crippen molar-refractivity contribution in [2.75, 3.05) is 0 Å². The second-order valence-electron chi connectivity index (χ2n) is 7.60. The topological polar surface area (TPSA) is 29.5 Å². The Morgan fingerprint density at radius 2 is 1.14 bits per heavy atom. The Morgan fingerprint density at radius 1 is 0.586 bits per heavy atom. The summed E-state index contributed by atoms with van der Waals surface area (Å²) in [6, 6.07) is 33.8. The zero-order valence-electron chi connectivity index (χ0n) is 16.7. The first-order valence-corrected chi connectivity index (χ1v) is 9.77. The summed E-state index contributed by atoms with van der Waals surface area (Å²) >= 11 is 0. The van der Waals surface area contributed by atoms with Crippen molar-refractivity contribution in [3.05, 3.63) is 114 Å². The van der Waals surface area contributed by atoms with Crippen molar-refractivity contribution < 1.29 is 9.84 Å². The average Bonchev–Trinajstić information content (AvgIpc) is 2.75. The molecule has 144 valence electrons. The molecule has 0 aliphatic carbocycles. The normalized spacial score (nSPS) is 11.2. The van der Waals surface area contributed by atoms with Gasteiger partial charge in [0, 0.05) is 22.1 Å². The largest absolute Gasteiger partial charge is 0.508 e. The van der Waals surface area contributed by atoms with Crippen LogP contribution in [0.1, 0.15) is 25.0 Å². The van der Waals surface area contributed by atoms with Crippen molar-refractivity contribution in [3.63, 3.8) is 0 Å². The van der Waals surface area contributed by atoms with Crippen LogP contribution in [0.25, 0.3) is 11.1 Å². The molecule has 4 aromatic rings. The van der Waals surface area contributed by atoms with Gasteiger partial charge in [-0.25, -0.2) is 0 Å². The fourth-order valence-electron chi connectivity index (χ4n) is 3.75. The molecule has 4 rings (SSSR count). The van der Waals surface area contributed by atoms with E-state index in [-0.39, 0.29) is 5.75 Å². The van der Waals surface area contributed by atoms with Crippen molar-refractivity contribution in [1.29, 1.82) is 0 Å². The molecule has 0 saturated heterocycles. The van der Waals surface area contributed by atoms with Crippen LogP contribution in [0.15, 0.2) is 103 Å². The predicted octanol–water partition coefficient (Wildman–Crippen LogP) is 7.18. The van der Waals surface area contributed by atoms with E-state index < -0.39 is 5.41 Å². The molecule has 0 fully saturated rings. The second kappa shape index (κ2) is 7.84. The predicted molar refractivity (Wildman–Crippen MR) is 119 cm³/mol. The molecule has 4 aromatic carbocycles. The minimum Gasteiger partial charge on any atom is -0.508 e. The summed E-state index contributed by atoms with van der Waals surface area (Å²) in [6.45, 7) is 4.21. The third-order valence-electron chi connectivity index (χ3n) is 5.33. The highest BCUT2D eigenvalue weighted by Crippen LogP contribution is 2.43. The molecule has 2 heteroatoms. The van der Waals surface area contributed by atoms with E-state index >= 15 is 0 Å². The highest BCUT2D eigenvalue weighted by molar-refractivity contribution is 5.71. The van der Waals surface area contributed by atoms with Crippen LogP contribution in [0.3, 0.4) is 0 Å². The third-order valence-corrected chi connectivity index (χ3v) is 5.33. The van der Waals surface area contributed by atoms with Crippen molar-refractivity contribution >= 4 is 0 Å². The minimum atomic E-state index is -0.427. The molecule has 29 heavy (non-hydrogen) atoms. The van der Waals surface area contributed by atoms with Crippen LogP contribution in [-0.2, 0) is 5.41 Å². The van der Waals surface area contributed by atoms with Gasteiger partial charge in [-0.15, -0.1) is 0 Å². The van der Waals surface area contributed by atoms with Gasteiger partial charge in [0.25, 0.3) is 0 Å². The Labute approximate surface area is 172 Å². The Kier molecular flexibility index (Phi) is 5.09. The molecule has 0 aliphatic rings. The van der Waals surface area contributed by atoms with E-state index in [9.17, 15) is 5.11 Å². The number of para-hydroxylation sites is 3. The minimum absolute atomic E-state index is 0.289. The van der Waals surface area contributed by atoms with Gasteiger partial charge in [0.1, 0.15) is 17.2 Å². The van der Waals surface area contributed by atoms with Crippen molar-refractivity contribution in [1.82, 2.24) is 0 Å². The first-order valence-electron chi connectivity index (χ1n) is 9.77. The lowest BCUT2D eigenvalue weighted by molar-refractivity contribution is 0.440. The van der Waals surface area contributed by atoms with Crippen LogP contribution in [0.4, 0.5) is 0 Å². The van der Waals surface area contributed by atoms with Gasteiger partial charge in [-0.2, -0.15) is 0 Å². The molecule has 0 heterocycles. The van der Waals surface area contributed by atoms with Crippen molar-refractivity contribution in [2.45, 2.75) is 19.3 Å². The average molecular weight is 380 g/mol. The number of hydrogen-bond acceptors (Lipinski definition) is 2. The number of ether oxygens (including phenoxy) is 1. The molecule has 0 saturated carbocycles. The maximum Gasteiger partial charge on any atom is 0.135 e. The van der Waals surface area contributed by atoms with E-state index in [0.717, 1.165) is 33.8 Å². The molecule has 0 bridgehead atoms. The van der Waals surface area contributed by atoms with E-state index in [1.165, 1.54) is 0 Å². The summed E-state index contributed by atoms with van der Waals surface area (Å²) in [7, 11) is 0. The van der Waals surface area contributed by atoms with E-state index in [1.54, 1.807) is 6.07 Å². The van der Waals surface area contributed by atoms with Gasteiger partial charge in [-0.3, -0.25) is 0 Å². The summed E-state index contributed by atoms with van der Waals surface area (Å²) in [4.78, 5) is 0. The summed E-state index contributed by atoms with van der Waals surface area (Å²) < 4.78 is 6.46. The highest BCUT2D eigenvalue weighted by Gasteiger charge is 2.29. The van der Waals surface area contributed by atoms with Crippen molar-refractivity contribution in [2.24, 2.45) is 0 Å². The van der Waals surface area contributed by atoms with Gasteiger partial charge in [-0.05, 0) is 23.8 Å². The molecular weight excluding hydrogens is 356 g/mol. The zero-order chi connectivity index (χ0) is 20.3. The van der Waals surface area contributed by atoms with Crippen LogP contribution in [-0.4, -0.2) is 5.11 Å². The summed E-state index contributed by atoms with van der Waals surface area (Å²) in [5, 5.41) is 10.4. The molecule has 1 N–H and O–H groups in total. The number of phenolic OH excluding ortho intramolecular Hbond substituents is 1. The van der Waals surface area contributed by atoms with Crippen LogP contribution in [0.5, 0.6) is 17.2 Å². The van der Waals surface area contributed by atoms with Gasteiger partial charge in [0.05, 0.1) is 0 Å². The van der Waals surface area contributed by atoms with E-state index in [1.807, 2.05) is 72.8 Å². The maximum absolute atomic E-state index is 10.4. The Morgan fingerprint density at radius 3 is 1.86 bits per heavy atom. The van der Waals surface area contributed by atoms with Gasteiger partial charge >= 0.3 is 0 Å². The van der Waals surface area contributed by atoms with Crippen LogP contribution >= 0.6 is 0 Å². The SMILES string of the molecule is CC(C)(c1ccccc1O)c1ccccc1Oc1ccccc1-c1ccccc1. The molecule has 0 aliphatic heterocycles. The lowest BCUT2D eigenvalue weighted by Crippen LogP contribution is -2.20. The summed E-state index contributed by atoms with van der Waals surface area (Å²) in [5.74, 6) is 1.88. The lowest BCUT2D eigenvalue weighted by atomic mass is 9.77. The van der Waals surface area contributed by atoms with Crippen LogP contribution in [0.2, 0.25) is 0 Å². The molecule has 2 nitrogen and oxygen atoms in total. The summed E-state index contributed by atoms with van der Waals surface area (Å²) in [5.41, 5.74) is 3.62. The van der Waals surface area contributed by atoms with Gasteiger partial charge in [0.2, 0.25) is 0 Å². The smallest absolute Gasteiger partial charge is 0.135 e. The zero-order valence-corrected chi connectivity index (χ0v) is 16.7. The van der Waals surface area contributed by atoms with E-state index in [4.69, 9.17) is 4.74 Å². The Balaban J connectivity index is 1.78. The molecule has 0 radical (unpaired) electrons. The van der Waals surface area contributed by atoms with Gasteiger partial charge in [0.15, 0.2) is 0 Å². The van der Waals surface area contributed by atoms with Gasteiger partial charge in [-0.1, -0.05) is 98.8 Å². The molecule has 0 spiro atoms. The Hall–Kier alpha value is -3.52. The molecule has 0 aromatic heterocycles. The molecule has 0 amide bonds.